The summed E-state index contributed by atoms with van der Waals surface area (Å²) in [7, 11) is 1.33. The van der Waals surface area contributed by atoms with Crippen molar-refractivity contribution in [3.8, 4) is 5.75 Å². The first-order valence-electron chi connectivity index (χ1n) is 6.70. The number of hydrogen-bond acceptors (Lipinski definition) is 2. The number of methoxy groups -OCH3 is 1. The third kappa shape index (κ3) is 3.50. The maximum Gasteiger partial charge on any atom is 0.416 e. The molecular weight excluding hydrogens is 295 g/mol. The van der Waals surface area contributed by atoms with Gasteiger partial charge >= 0.3 is 6.18 Å². The molecule has 0 saturated carbocycles. The molecule has 0 N–H and O–H groups in total. The van der Waals surface area contributed by atoms with Crippen molar-refractivity contribution >= 4 is 12.0 Å². The average Bonchev–Trinajstić information content (AvgIpc) is 2.44. The van der Waals surface area contributed by atoms with E-state index in [0.29, 0.717) is 18.7 Å². The number of ether oxygens (including phenoxy) is 1. The van der Waals surface area contributed by atoms with E-state index in [9.17, 15) is 18.0 Å². The molecule has 0 atom stereocenters. The number of carbonyl (C=O) groups excluding carboxylic acids is 1. The molecule has 22 heavy (non-hydrogen) atoms. The van der Waals surface area contributed by atoms with E-state index in [0.717, 1.165) is 12.1 Å². The molecule has 1 saturated heterocycles. The van der Waals surface area contributed by atoms with Crippen LogP contribution in [0.1, 0.15) is 11.1 Å². The fourth-order valence-electron chi connectivity index (χ4n) is 2.21. The zero-order valence-electron chi connectivity index (χ0n) is 12.1. The summed E-state index contributed by atoms with van der Waals surface area (Å²) in [5.41, 5.74) is -0.170. The van der Waals surface area contributed by atoms with Crippen LogP contribution in [0.3, 0.4) is 0 Å². The van der Waals surface area contributed by atoms with Crippen LogP contribution in [-0.4, -0.2) is 31.0 Å². The summed E-state index contributed by atoms with van der Waals surface area (Å²) >= 11 is 0. The van der Waals surface area contributed by atoms with E-state index in [1.807, 2.05) is 6.08 Å². The van der Waals surface area contributed by atoms with Crippen LogP contribution in [0.25, 0.3) is 6.08 Å². The summed E-state index contributed by atoms with van der Waals surface area (Å²) in [6.07, 6.45) is 0.464. The average molecular weight is 311 g/mol. The van der Waals surface area contributed by atoms with Crippen molar-refractivity contribution in [1.82, 2.24) is 4.90 Å². The second-order valence-corrected chi connectivity index (χ2v) is 5.02. The standard InChI is InChI=1S/C16H16F3NO2/c1-3-15(21)20-9-11(10-20)4-5-12-6-7-13(16(17,18)19)8-14(12)22-2/h3-8,11H,1,9-10H2,2H3/b5-4+. The van der Waals surface area contributed by atoms with Gasteiger partial charge in [0.25, 0.3) is 0 Å². The highest BCUT2D eigenvalue weighted by molar-refractivity contribution is 5.87. The quantitative estimate of drug-likeness (QED) is 0.798. The minimum absolute atomic E-state index is 0.114. The molecule has 0 bridgehead atoms. The molecule has 1 aromatic carbocycles. The first-order chi connectivity index (χ1) is 10.3. The van der Waals surface area contributed by atoms with Crippen LogP contribution in [0.15, 0.2) is 36.9 Å². The number of nitrogens with zero attached hydrogens (tertiary/aromatic N) is 1. The van der Waals surface area contributed by atoms with E-state index in [-0.39, 0.29) is 17.6 Å². The minimum Gasteiger partial charge on any atom is -0.496 e. The van der Waals surface area contributed by atoms with Crippen LogP contribution in [0.2, 0.25) is 0 Å². The number of amides is 1. The van der Waals surface area contributed by atoms with Crippen molar-refractivity contribution in [2.45, 2.75) is 6.18 Å². The third-order valence-electron chi connectivity index (χ3n) is 3.50. The van der Waals surface area contributed by atoms with Crippen molar-refractivity contribution in [3.63, 3.8) is 0 Å². The van der Waals surface area contributed by atoms with Crippen LogP contribution in [0.4, 0.5) is 13.2 Å². The predicted molar refractivity (Wildman–Crippen MR) is 77.3 cm³/mol. The van der Waals surface area contributed by atoms with Crippen molar-refractivity contribution in [1.29, 1.82) is 0 Å². The zero-order valence-corrected chi connectivity index (χ0v) is 12.1. The fraction of sp³-hybridized carbons (Fsp3) is 0.312. The lowest BCUT2D eigenvalue weighted by Gasteiger charge is -2.37. The lowest BCUT2D eigenvalue weighted by Crippen LogP contribution is -2.48. The molecule has 1 aliphatic heterocycles. The summed E-state index contributed by atoms with van der Waals surface area (Å²) in [6, 6.07) is 3.38. The molecule has 1 amide bonds. The molecule has 1 heterocycles. The van der Waals surface area contributed by atoms with Gasteiger partial charge in [-0.1, -0.05) is 24.8 Å². The van der Waals surface area contributed by atoms with Gasteiger partial charge in [-0.15, -0.1) is 0 Å². The summed E-state index contributed by atoms with van der Waals surface area (Å²) in [6.45, 7) is 4.59. The van der Waals surface area contributed by atoms with Gasteiger partial charge < -0.3 is 9.64 Å². The molecule has 0 aromatic heterocycles. The Labute approximate surface area is 126 Å². The highest BCUT2D eigenvalue weighted by Crippen LogP contribution is 2.33. The van der Waals surface area contributed by atoms with Crippen molar-refractivity contribution in [2.75, 3.05) is 20.2 Å². The Morgan fingerprint density at radius 1 is 1.41 bits per heavy atom. The Hall–Kier alpha value is -2.24. The van der Waals surface area contributed by atoms with Crippen LogP contribution in [0, 0.1) is 5.92 Å². The lowest BCUT2D eigenvalue weighted by molar-refractivity contribution is -0.137. The van der Waals surface area contributed by atoms with Gasteiger partial charge in [0.05, 0.1) is 12.7 Å². The predicted octanol–water partition coefficient (Wildman–Crippen LogP) is 3.37. The van der Waals surface area contributed by atoms with Gasteiger partial charge in [-0.05, 0) is 18.2 Å². The number of alkyl halides is 3. The summed E-state index contributed by atoms with van der Waals surface area (Å²) < 4.78 is 43.0. The summed E-state index contributed by atoms with van der Waals surface area (Å²) in [4.78, 5) is 12.9. The normalized spacial score (nSPS) is 15.7. The number of carbonyl (C=O) groups is 1. The Morgan fingerprint density at radius 3 is 2.64 bits per heavy atom. The van der Waals surface area contributed by atoms with Crippen molar-refractivity contribution in [3.05, 3.63) is 48.1 Å². The van der Waals surface area contributed by atoms with E-state index in [1.54, 1.807) is 11.0 Å². The lowest BCUT2D eigenvalue weighted by atomic mass is 9.98. The molecule has 0 spiro atoms. The molecule has 118 valence electrons. The molecule has 1 aliphatic rings. The van der Waals surface area contributed by atoms with Gasteiger partial charge in [0, 0.05) is 24.6 Å². The van der Waals surface area contributed by atoms with E-state index >= 15 is 0 Å². The summed E-state index contributed by atoms with van der Waals surface area (Å²) in [5.74, 6) is 0.247. The highest BCUT2D eigenvalue weighted by Gasteiger charge is 2.31. The second kappa shape index (κ2) is 6.25. The first kappa shape index (κ1) is 16.1. The maximum atomic E-state index is 12.6. The monoisotopic (exact) mass is 311 g/mol. The van der Waals surface area contributed by atoms with E-state index in [2.05, 4.69) is 6.58 Å². The van der Waals surface area contributed by atoms with Crippen LogP contribution < -0.4 is 4.74 Å². The van der Waals surface area contributed by atoms with E-state index in [4.69, 9.17) is 4.74 Å². The SMILES string of the molecule is C=CC(=O)N1CC(/C=C/c2ccc(C(F)(F)F)cc2OC)C1. The molecule has 3 nitrogen and oxygen atoms in total. The number of hydrogen-bond donors (Lipinski definition) is 0. The number of likely N-dealkylation sites (tertiary alicyclic amines) is 1. The topological polar surface area (TPSA) is 29.5 Å². The van der Waals surface area contributed by atoms with E-state index in [1.165, 1.54) is 19.3 Å². The minimum atomic E-state index is -4.39. The number of rotatable bonds is 4. The second-order valence-electron chi connectivity index (χ2n) is 5.02. The maximum absolute atomic E-state index is 12.6. The Morgan fingerprint density at radius 2 is 2.09 bits per heavy atom. The van der Waals surface area contributed by atoms with Gasteiger partial charge in [-0.2, -0.15) is 13.2 Å². The summed E-state index contributed by atoms with van der Waals surface area (Å²) in [5, 5.41) is 0. The van der Waals surface area contributed by atoms with Crippen LogP contribution in [0.5, 0.6) is 5.75 Å². The molecule has 2 rings (SSSR count). The third-order valence-corrected chi connectivity index (χ3v) is 3.50. The smallest absolute Gasteiger partial charge is 0.416 e. The first-order valence-corrected chi connectivity index (χ1v) is 6.70. The molecule has 1 fully saturated rings. The van der Waals surface area contributed by atoms with Gasteiger partial charge in [0.15, 0.2) is 0 Å². The van der Waals surface area contributed by atoms with Gasteiger partial charge in [-0.25, -0.2) is 0 Å². The van der Waals surface area contributed by atoms with Crippen LogP contribution >= 0.6 is 0 Å². The molecule has 0 aliphatic carbocycles. The highest BCUT2D eigenvalue weighted by atomic mass is 19.4. The molecular formula is C16H16F3NO2. The molecule has 1 aromatic rings. The van der Waals surface area contributed by atoms with Gasteiger partial charge in [-0.3, -0.25) is 4.79 Å². The van der Waals surface area contributed by atoms with Gasteiger partial charge in [0.1, 0.15) is 5.75 Å². The Kier molecular flexibility index (Phi) is 4.59. The number of benzene rings is 1. The largest absolute Gasteiger partial charge is 0.496 e. The number of halogens is 3. The van der Waals surface area contributed by atoms with Gasteiger partial charge in [0.2, 0.25) is 5.91 Å². The molecule has 6 heteroatoms. The zero-order chi connectivity index (χ0) is 16.3. The molecule has 0 unspecified atom stereocenters. The Bertz CT molecular complexity index is 602. The fourth-order valence-corrected chi connectivity index (χ4v) is 2.21. The van der Waals surface area contributed by atoms with Crippen molar-refractivity contribution in [2.24, 2.45) is 5.92 Å². The van der Waals surface area contributed by atoms with E-state index < -0.39 is 11.7 Å². The molecule has 0 radical (unpaired) electrons. The Balaban J connectivity index is 2.06. The van der Waals surface area contributed by atoms with Crippen molar-refractivity contribution < 1.29 is 22.7 Å². The van der Waals surface area contributed by atoms with Crippen LogP contribution in [-0.2, 0) is 11.0 Å².